The van der Waals surface area contributed by atoms with E-state index in [1.165, 1.54) is 0 Å². The maximum atomic E-state index is 8.68. The molecule has 0 aromatic carbocycles. The number of nitrogens with zero attached hydrogens (tertiary/aromatic N) is 3. The van der Waals surface area contributed by atoms with Crippen molar-refractivity contribution in [2.24, 2.45) is 0 Å². The normalized spacial score (nSPS) is 18.7. The molecular formula is C11H19N3O3. The van der Waals surface area contributed by atoms with Gasteiger partial charge in [0.2, 0.25) is 5.89 Å². The van der Waals surface area contributed by atoms with Gasteiger partial charge in [-0.05, 0) is 12.8 Å². The second-order valence-corrected chi connectivity index (χ2v) is 4.30. The zero-order valence-electron chi connectivity index (χ0n) is 10.1. The van der Waals surface area contributed by atoms with Gasteiger partial charge < -0.3 is 14.4 Å². The van der Waals surface area contributed by atoms with E-state index in [0.29, 0.717) is 12.5 Å². The first-order valence-electron chi connectivity index (χ1n) is 6.02. The molecule has 1 fully saturated rings. The smallest absolute Gasteiger partial charge is 0.223 e. The Bertz CT molecular complexity index is 334. The number of rotatable bonds is 5. The van der Waals surface area contributed by atoms with Crippen molar-refractivity contribution >= 4 is 0 Å². The summed E-state index contributed by atoms with van der Waals surface area (Å²) >= 11 is 0. The Morgan fingerprint density at radius 1 is 1.47 bits per heavy atom. The third-order valence-electron chi connectivity index (χ3n) is 2.91. The van der Waals surface area contributed by atoms with Crippen LogP contribution < -0.4 is 0 Å². The van der Waals surface area contributed by atoms with E-state index in [9.17, 15) is 0 Å². The molecule has 96 valence electrons. The summed E-state index contributed by atoms with van der Waals surface area (Å²) in [7, 11) is 0. The molecule has 0 unspecified atom stereocenters. The number of aliphatic hydroxyl groups is 1. The molecule has 0 bridgehead atoms. The summed E-state index contributed by atoms with van der Waals surface area (Å²) in [6, 6.07) is 0. The van der Waals surface area contributed by atoms with Gasteiger partial charge in [0, 0.05) is 20.0 Å². The number of aromatic nitrogens is 2. The lowest BCUT2D eigenvalue weighted by atomic mass is 10.1. The number of aryl methyl sites for hydroxylation is 1. The lowest BCUT2D eigenvalue weighted by molar-refractivity contribution is -0.00946. The molecule has 0 spiro atoms. The first-order valence-corrected chi connectivity index (χ1v) is 6.02. The fourth-order valence-corrected chi connectivity index (χ4v) is 2.06. The van der Waals surface area contributed by atoms with Crippen molar-refractivity contribution in [3.63, 3.8) is 0 Å². The lowest BCUT2D eigenvalue weighted by Crippen LogP contribution is -2.37. The van der Waals surface area contributed by atoms with Crippen molar-refractivity contribution in [1.82, 2.24) is 15.0 Å². The highest BCUT2D eigenvalue weighted by Gasteiger charge is 2.20. The summed E-state index contributed by atoms with van der Waals surface area (Å²) in [5, 5.41) is 12.6. The molecule has 1 aromatic heterocycles. The van der Waals surface area contributed by atoms with Crippen molar-refractivity contribution in [2.75, 3.05) is 26.3 Å². The first-order chi connectivity index (χ1) is 8.28. The highest BCUT2D eigenvalue weighted by Crippen LogP contribution is 2.15. The van der Waals surface area contributed by atoms with E-state index in [-0.39, 0.29) is 12.7 Å². The van der Waals surface area contributed by atoms with Gasteiger partial charge in [-0.25, -0.2) is 0 Å². The van der Waals surface area contributed by atoms with Crippen LogP contribution in [-0.2, 0) is 11.3 Å². The number of likely N-dealkylation sites (tertiary alicyclic amines) is 1. The Hall–Kier alpha value is -0.980. The molecule has 1 aromatic rings. The first kappa shape index (κ1) is 12.5. The van der Waals surface area contributed by atoms with Crippen LogP contribution in [0.2, 0.25) is 0 Å². The van der Waals surface area contributed by atoms with Gasteiger partial charge in [-0.3, -0.25) is 4.90 Å². The second-order valence-electron chi connectivity index (χ2n) is 4.30. The summed E-state index contributed by atoms with van der Waals surface area (Å²) < 4.78 is 10.4. The minimum atomic E-state index is 0.0996. The van der Waals surface area contributed by atoms with Crippen LogP contribution in [0.3, 0.4) is 0 Å². The van der Waals surface area contributed by atoms with Crippen LogP contribution in [0.25, 0.3) is 0 Å². The second kappa shape index (κ2) is 6.09. The van der Waals surface area contributed by atoms with Crippen LogP contribution in [0.4, 0.5) is 0 Å². The van der Waals surface area contributed by atoms with E-state index in [4.69, 9.17) is 14.4 Å². The zero-order valence-corrected chi connectivity index (χ0v) is 10.1. The number of hydrogen-bond acceptors (Lipinski definition) is 6. The molecule has 0 radical (unpaired) electrons. The van der Waals surface area contributed by atoms with Crippen molar-refractivity contribution in [3.05, 3.63) is 11.7 Å². The Labute approximate surface area is 101 Å². The molecule has 17 heavy (non-hydrogen) atoms. The van der Waals surface area contributed by atoms with Gasteiger partial charge in [0.1, 0.15) is 0 Å². The standard InChI is InChI=1S/C11H19N3O3/c1-9-12-11(13-17-9)8-14-4-2-10(3-5-14)16-7-6-15/h10,15H,2-8H2,1H3. The zero-order chi connectivity index (χ0) is 12.1. The van der Waals surface area contributed by atoms with Gasteiger partial charge >= 0.3 is 0 Å². The van der Waals surface area contributed by atoms with Crippen molar-refractivity contribution in [3.8, 4) is 0 Å². The molecule has 6 heteroatoms. The Kier molecular flexibility index (Phi) is 4.47. The van der Waals surface area contributed by atoms with E-state index in [2.05, 4.69) is 15.0 Å². The summed E-state index contributed by atoms with van der Waals surface area (Å²) in [5.74, 6) is 1.36. The predicted octanol–water partition coefficient (Wildman–Crippen LogP) is 0.351. The fraction of sp³-hybridized carbons (Fsp3) is 0.818. The quantitative estimate of drug-likeness (QED) is 0.802. The molecule has 6 nitrogen and oxygen atoms in total. The topological polar surface area (TPSA) is 71.6 Å². The minimum absolute atomic E-state index is 0.0996. The molecule has 0 saturated carbocycles. The van der Waals surface area contributed by atoms with Crippen LogP contribution in [0.1, 0.15) is 24.6 Å². The number of aliphatic hydroxyl groups excluding tert-OH is 1. The van der Waals surface area contributed by atoms with Crippen molar-refractivity contribution < 1.29 is 14.4 Å². The molecule has 0 aliphatic carbocycles. The van der Waals surface area contributed by atoms with Gasteiger partial charge in [-0.15, -0.1) is 0 Å². The number of hydrogen-bond donors (Lipinski definition) is 1. The van der Waals surface area contributed by atoms with Gasteiger partial charge in [0.15, 0.2) is 5.82 Å². The molecule has 1 aliphatic rings. The molecule has 1 saturated heterocycles. The average Bonchev–Trinajstić information content (AvgIpc) is 2.74. The monoisotopic (exact) mass is 241 g/mol. The molecule has 2 rings (SSSR count). The summed E-state index contributed by atoms with van der Waals surface area (Å²) in [4.78, 5) is 6.48. The molecule has 2 heterocycles. The maximum absolute atomic E-state index is 8.68. The molecular weight excluding hydrogens is 222 g/mol. The molecule has 0 atom stereocenters. The van der Waals surface area contributed by atoms with Crippen LogP contribution in [0.5, 0.6) is 0 Å². The predicted molar refractivity (Wildman–Crippen MR) is 60.4 cm³/mol. The number of piperidine rings is 1. The SMILES string of the molecule is Cc1nc(CN2CCC(OCCO)CC2)no1. The highest BCUT2D eigenvalue weighted by atomic mass is 16.5. The lowest BCUT2D eigenvalue weighted by Gasteiger charge is -2.30. The van der Waals surface area contributed by atoms with Crippen molar-refractivity contribution in [1.29, 1.82) is 0 Å². The van der Waals surface area contributed by atoms with Gasteiger partial charge in [0.25, 0.3) is 0 Å². The van der Waals surface area contributed by atoms with E-state index in [1.807, 2.05) is 0 Å². The summed E-state index contributed by atoms with van der Waals surface area (Å²) in [5.41, 5.74) is 0. The number of ether oxygens (including phenoxy) is 1. The largest absolute Gasteiger partial charge is 0.394 e. The third-order valence-corrected chi connectivity index (χ3v) is 2.91. The average molecular weight is 241 g/mol. The van der Waals surface area contributed by atoms with Crippen LogP contribution in [0.15, 0.2) is 4.52 Å². The third kappa shape index (κ3) is 3.76. The molecule has 1 aliphatic heterocycles. The molecule has 1 N–H and O–H groups in total. The van der Waals surface area contributed by atoms with Crippen LogP contribution in [0, 0.1) is 6.92 Å². The molecule has 0 amide bonds. The fourth-order valence-electron chi connectivity index (χ4n) is 2.06. The van der Waals surface area contributed by atoms with Crippen LogP contribution in [-0.4, -0.2) is 52.6 Å². The van der Waals surface area contributed by atoms with Gasteiger partial charge in [-0.1, -0.05) is 5.16 Å². The van der Waals surface area contributed by atoms with Gasteiger partial charge in [-0.2, -0.15) is 4.98 Å². The maximum Gasteiger partial charge on any atom is 0.223 e. The van der Waals surface area contributed by atoms with Crippen molar-refractivity contribution in [2.45, 2.75) is 32.4 Å². The van der Waals surface area contributed by atoms with Crippen LogP contribution >= 0.6 is 0 Å². The van der Waals surface area contributed by atoms with E-state index >= 15 is 0 Å². The Balaban J connectivity index is 1.72. The highest BCUT2D eigenvalue weighted by molar-refractivity contribution is 4.85. The summed E-state index contributed by atoms with van der Waals surface area (Å²) in [6.07, 6.45) is 2.28. The Morgan fingerprint density at radius 2 is 2.24 bits per heavy atom. The Morgan fingerprint density at radius 3 is 2.82 bits per heavy atom. The minimum Gasteiger partial charge on any atom is -0.394 e. The van der Waals surface area contributed by atoms with Gasteiger partial charge in [0.05, 0.1) is 25.9 Å². The summed E-state index contributed by atoms with van der Waals surface area (Å²) in [6.45, 7) is 5.03. The van der Waals surface area contributed by atoms with E-state index in [0.717, 1.165) is 38.3 Å². The van der Waals surface area contributed by atoms with E-state index in [1.54, 1.807) is 6.92 Å². The van der Waals surface area contributed by atoms with E-state index < -0.39 is 0 Å².